The van der Waals surface area contributed by atoms with Gasteiger partial charge in [0.05, 0.1) is 17.6 Å². The molecule has 0 fully saturated rings. The first-order valence-corrected chi connectivity index (χ1v) is 7.99. The first-order valence-electron chi connectivity index (χ1n) is 7.11. The van der Waals surface area contributed by atoms with Gasteiger partial charge in [0.25, 0.3) is 5.91 Å². The quantitative estimate of drug-likeness (QED) is 0.629. The van der Waals surface area contributed by atoms with Crippen LogP contribution in [0.3, 0.4) is 0 Å². The maximum Gasteiger partial charge on any atom is 0.252 e. The Kier molecular flexibility index (Phi) is 5.72. The molecule has 116 valence electrons. The number of para-hydroxylation sites is 1. The van der Waals surface area contributed by atoms with Crippen molar-refractivity contribution < 1.29 is 14.3 Å². The SMILES string of the molecule is COc1ccccc1CCCNC(=O)c1csc(C(C)=O)c1. The molecule has 22 heavy (non-hydrogen) atoms. The third kappa shape index (κ3) is 4.18. The van der Waals surface area contributed by atoms with Crippen molar-refractivity contribution in [2.45, 2.75) is 19.8 Å². The lowest BCUT2D eigenvalue weighted by atomic mass is 10.1. The summed E-state index contributed by atoms with van der Waals surface area (Å²) in [5.41, 5.74) is 1.68. The Morgan fingerprint density at radius 2 is 2.05 bits per heavy atom. The van der Waals surface area contributed by atoms with Gasteiger partial charge in [0, 0.05) is 11.9 Å². The monoisotopic (exact) mass is 317 g/mol. The number of thiophene rings is 1. The molecule has 1 aromatic carbocycles. The van der Waals surface area contributed by atoms with E-state index in [1.807, 2.05) is 24.3 Å². The maximum atomic E-state index is 12.0. The number of aryl methyl sites for hydroxylation is 1. The van der Waals surface area contributed by atoms with Crippen molar-refractivity contribution in [1.82, 2.24) is 5.32 Å². The van der Waals surface area contributed by atoms with Crippen LogP contribution >= 0.6 is 11.3 Å². The highest BCUT2D eigenvalue weighted by molar-refractivity contribution is 7.12. The van der Waals surface area contributed by atoms with Gasteiger partial charge >= 0.3 is 0 Å². The standard InChI is InChI=1S/C17H19NO3S/c1-12(19)16-10-14(11-22-16)17(20)18-9-5-7-13-6-3-4-8-15(13)21-2/h3-4,6,8,10-11H,5,7,9H2,1-2H3,(H,18,20). The molecule has 0 aliphatic rings. The topological polar surface area (TPSA) is 55.4 Å². The lowest BCUT2D eigenvalue weighted by Gasteiger charge is -2.08. The van der Waals surface area contributed by atoms with Crippen molar-refractivity contribution in [2.24, 2.45) is 0 Å². The molecule has 0 bridgehead atoms. The molecule has 0 saturated heterocycles. The maximum absolute atomic E-state index is 12.0. The number of amides is 1. The van der Waals surface area contributed by atoms with E-state index in [0.717, 1.165) is 24.2 Å². The van der Waals surface area contributed by atoms with Crippen LogP contribution in [0.25, 0.3) is 0 Å². The third-order valence-electron chi connectivity index (χ3n) is 3.31. The molecule has 0 saturated carbocycles. The Morgan fingerprint density at radius 1 is 1.27 bits per heavy atom. The summed E-state index contributed by atoms with van der Waals surface area (Å²) in [4.78, 5) is 23.8. The van der Waals surface area contributed by atoms with Crippen LogP contribution in [0, 0.1) is 0 Å². The molecule has 5 heteroatoms. The molecule has 0 unspecified atom stereocenters. The second-order valence-corrected chi connectivity index (χ2v) is 5.84. The number of hydrogen-bond acceptors (Lipinski definition) is 4. The van der Waals surface area contributed by atoms with Gasteiger partial charge < -0.3 is 10.1 Å². The van der Waals surface area contributed by atoms with Gasteiger partial charge in [0.1, 0.15) is 5.75 Å². The fraction of sp³-hybridized carbons (Fsp3) is 0.294. The number of nitrogens with one attached hydrogen (secondary N) is 1. The Labute approximate surface area is 134 Å². The van der Waals surface area contributed by atoms with Gasteiger partial charge in [-0.15, -0.1) is 11.3 Å². The van der Waals surface area contributed by atoms with Crippen LogP contribution in [-0.2, 0) is 6.42 Å². The Morgan fingerprint density at radius 3 is 2.73 bits per heavy atom. The van der Waals surface area contributed by atoms with E-state index in [2.05, 4.69) is 5.32 Å². The van der Waals surface area contributed by atoms with Crippen molar-refractivity contribution in [3.63, 3.8) is 0 Å². The molecule has 0 aliphatic heterocycles. The molecule has 0 aliphatic carbocycles. The zero-order valence-corrected chi connectivity index (χ0v) is 13.5. The molecular formula is C17H19NO3S. The van der Waals surface area contributed by atoms with Crippen molar-refractivity contribution >= 4 is 23.0 Å². The summed E-state index contributed by atoms with van der Waals surface area (Å²) in [5, 5.41) is 4.59. The fourth-order valence-corrected chi connectivity index (χ4v) is 2.92. The van der Waals surface area contributed by atoms with Gasteiger partial charge in [0.2, 0.25) is 0 Å². The van der Waals surface area contributed by atoms with Crippen molar-refractivity contribution in [3.05, 3.63) is 51.7 Å². The second kappa shape index (κ2) is 7.75. The van der Waals surface area contributed by atoms with E-state index < -0.39 is 0 Å². The van der Waals surface area contributed by atoms with Crippen LogP contribution in [0.2, 0.25) is 0 Å². The molecule has 4 nitrogen and oxygen atoms in total. The third-order valence-corrected chi connectivity index (χ3v) is 4.34. The molecule has 1 aromatic heterocycles. The number of ether oxygens (including phenoxy) is 1. The number of rotatable bonds is 7. The molecule has 2 rings (SSSR count). The predicted molar refractivity (Wildman–Crippen MR) is 88.0 cm³/mol. The van der Waals surface area contributed by atoms with E-state index in [-0.39, 0.29) is 11.7 Å². The minimum absolute atomic E-state index is 0.0137. The predicted octanol–water partition coefficient (Wildman–Crippen LogP) is 3.32. The highest BCUT2D eigenvalue weighted by Crippen LogP contribution is 2.18. The van der Waals surface area contributed by atoms with E-state index in [4.69, 9.17) is 4.74 Å². The van der Waals surface area contributed by atoms with Crippen LogP contribution in [0.15, 0.2) is 35.7 Å². The van der Waals surface area contributed by atoms with E-state index in [1.165, 1.54) is 18.3 Å². The zero-order chi connectivity index (χ0) is 15.9. The summed E-state index contributed by atoms with van der Waals surface area (Å²) in [6.45, 7) is 2.09. The van der Waals surface area contributed by atoms with Gasteiger partial charge in [-0.25, -0.2) is 0 Å². The molecule has 1 N–H and O–H groups in total. The Bertz CT molecular complexity index is 663. The minimum Gasteiger partial charge on any atom is -0.496 e. The van der Waals surface area contributed by atoms with Crippen molar-refractivity contribution in [2.75, 3.05) is 13.7 Å². The van der Waals surface area contributed by atoms with E-state index in [9.17, 15) is 9.59 Å². The van der Waals surface area contributed by atoms with E-state index in [1.54, 1.807) is 18.6 Å². The summed E-state index contributed by atoms with van der Waals surface area (Å²) >= 11 is 1.30. The number of hydrogen-bond donors (Lipinski definition) is 1. The highest BCUT2D eigenvalue weighted by atomic mass is 32.1. The lowest BCUT2D eigenvalue weighted by Crippen LogP contribution is -2.24. The molecule has 1 heterocycles. The number of methoxy groups -OCH3 is 1. The molecule has 0 radical (unpaired) electrons. The number of ketones is 1. The normalized spacial score (nSPS) is 10.3. The van der Waals surface area contributed by atoms with Crippen LogP contribution in [0.5, 0.6) is 5.75 Å². The molecule has 0 atom stereocenters. The molecular weight excluding hydrogens is 298 g/mol. The van der Waals surface area contributed by atoms with Gasteiger partial charge in [-0.1, -0.05) is 18.2 Å². The van der Waals surface area contributed by atoms with Crippen molar-refractivity contribution in [3.8, 4) is 5.75 Å². The number of carbonyl (C=O) groups is 2. The van der Waals surface area contributed by atoms with Gasteiger partial charge in [0.15, 0.2) is 5.78 Å². The largest absolute Gasteiger partial charge is 0.496 e. The Hall–Kier alpha value is -2.14. The molecule has 1 amide bonds. The average molecular weight is 317 g/mol. The zero-order valence-electron chi connectivity index (χ0n) is 12.7. The summed E-state index contributed by atoms with van der Waals surface area (Å²) in [6, 6.07) is 9.52. The van der Waals surface area contributed by atoms with Crippen LogP contribution in [0.4, 0.5) is 0 Å². The minimum atomic E-state index is -0.135. The lowest BCUT2D eigenvalue weighted by molar-refractivity contribution is 0.0953. The highest BCUT2D eigenvalue weighted by Gasteiger charge is 2.10. The average Bonchev–Trinajstić information content (AvgIpc) is 3.02. The van der Waals surface area contributed by atoms with Gasteiger partial charge in [-0.2, -0.15) is 0 Å². The first kappa shape index (κ1) is 16.2. The number of benzene rings is 1. The van der Waals surface area contributed by atoms with E-state index >= 15 is 0 Å². The van der Waals surface area contributed by atoms with Crippen LogP contribution in [-0.4, -0.2) is 25.3 Å². The van der Waals surface area contributed by atoms with Gasteiger partial charge in [-0.3, -0.25) is 9.59 Å². The molecule has 0 spiro atoms. The summed E-state index contributed by atoms with van der Waals surface area (Å²) in [7, 11) is 1.66. The summed E-state index contributed by atoms with van der Waals surface area (Å²) in [5.74, 6) is 0.724. The Balaban J connectivity index is 1.80. The molecule has 2 aromatic rings. The van der Waals surface area contributed by atoms with Crippen LogP contribution in [0.1, 0.15) is 38.9 Å². The van der Waals surface area contributed by atoms with Crippen molar-refractivity contribution in [1.29, 1.82) is 0 Å². The van der Waals surface area contributed by atoms with Crippen LogP contribution < -0.4 is 10.1 Å². The summed E-state index contributed by atoms with van der Waals surface area (Å²) in [6.07, 6.45) is 1.67. The first-order chi connectivity index (χ1) is 10.6. The number of carbonyl (C=O) groups excluding carboxylic acids is 2. The second-order valence-electron chi connectivity index (χ2n) is 4.93. The number of Topliss-reactive ketones (excluding diaryl/α,β-unsaturated/α-hetero) is 1. The van der Waals surface area contributed by atoms with E-state index in [0.29, 0.717) is 17.0 Å². The van der Waals surface area contributed by atoms with Gasteiger partial charge in [-0.05, 0) is 37.5 Å². The summed E-state index contributed by atoms with van der Waals surface area (Å²) < 4.78 is 5.30. The smallest absolute Gasteiger partial charge is 0.252 e. The fourth-order valence-electron chi connectivity index (χ4n) is 2.13.